The molecule has 1 aromatic carbocycles. The van der Waals surface area contributed by atoms with Crippen molar-refractivity contribution in [2.24, 2.45) is 0 Å². The van der Waals surface area contributed by atoms with Gasteiger partial charge in [0, 0.05) is 18.3 Å². The fourth-order valence-electron chi connectivity index (χ4n) is 2.93. The second-order valence-electron chi connectivity index (χ2n) is 5.83. The molecule has 0 aliphatic carbocycles. The smallest absolute Gasteiger partial charge is 0.297 e. The van der Waals surface area contributed by atoms with Gasteiger partial charge in [0.25, 0.3) is 6.01 Å². The zero-order valence-corrected chi connectivity index (χ0v) is 15.5. The number of fused-ring (bicyclic) bond motifs is 1. The zero-order valence-electron chi connectivity index (χ0n) is 14.8. The topological polar surface area (TPSA) is 49.2 Å². The lowest BCUT2D eigenvalue weighted by Crippen LogP contribution is -2.01. The summed E-state index contributed by atoms with van der Waals surface area (Å²) in [5.41, 5.74) is 3.37. The van der Waals surface area contributed by atoms with Crippen LogP contribution in [0.2, 0.25) is 5.02 Å². The van der Waals surface area contributed by atoms with Crippen LogP contribution in [0.1, 0.15) is 26.2 Å². The Morgan fingerprint density at radius 3 is 2.64 bits per heavy atom. The number of aryl methyl sites for hydroxylation is 1. The molecule has 3 aromatic rings. The number of ether oxygens (including phenoxy) is 2. The molecule has 6 heteroatoms. The largest absolute Gasteiger partial charge is 0.497 e. The number of hydrogen-bond acceptors (Lipinski definition) is 4. The van der Waals surface area contributed by atoms with Gasteiger partial charge in [0.2, 0.25) is 0 Å². The average molecular weight is 360 g/mol. The predicted molar refractivity (Wildman–Crippen MR) is 101 cm³/mol. The highest BCUT2D eigenvalue weighted by atomic mass is 35.5. The molecule has 0 saturated heterocycles. The van der Waals surface area contributed by atoms with E-state index in [4.69, 9.17) is 21.1 Å². The summed E-state index contributed by atoms with van der Waals surface area (Å²) in [5.74, 6) is 0.712. The highest BCUT2D eigenvalue weighted by Gasteiger charge is 2.17. The minimum atomic E-state index is 0.582. The Morgan fingerprint density at radius 2 is 1.96 bits per heavy atom. The summed E-state index contributed by atoms with van der Waals surface area (Å²) < 4.78 is 12.8. The number of hydrogen-bond donors (Lipinski definition) is 0. The number of unbranched alkanes of at least 4 members (excludes halogenated alkanes) is 2. The third-order valence-electron chi connectivity index (χ3n) is 4.23. The Morgan fingerprint density at radius 1 is 1.12 bits per heavy atom. The molecule has 132 valence electrons. The molecule has 2 aromatic heterocycles. The quantitative estimate of drug-likeness (QED) is 0.559. The van der Waals surface area contributed by atoms with Crippen LogP contribution in [-0.2, 0) is 6.54 Å². The highest BCUT2D eigenvalue weighted by molar-refractivity contribution is 6.33. The van der Waals surface area contributed by atoms with E-state index >= 15 is 0 Å². The molecule has 3 rings (SSSR count). The van der Waals surface area contributed by atoms with Crippen molar-refractivity contribution in [3.8, 4) is 23.0 Å². The van der Waals surface area contributed by atoms with Gasteiger partial charge in [0.15, 0.2) is 0 Å². The Bertz CT molecular complexity index is 876. The summed E-state index contributed by atoms with van der Waals surface area (Å²) in [6.45, 7) is 3.06. The van der Waals surface area contributed by atoms with Gasteiger partial charge in [-0.1, -0.05) is 31.4 Å². The fourth-order valence-corrected chi connectivity index (χ4v) is 3.19. The lowest BCUT2D eigenvalue weighted by Gasteiger charge is -2.08. The first-order valence-electron chi connectivity index (χ1n) is 8.42. The fraction of sp³-hybridized carbons (Fsp3) is 0.368. The lowest BCUT2D eigenvalue weighted by atomic mass is 10.1. The van der Waals surface area contributed by atoms with Gasteiger partial charge in [-0.15, -0.1) is 0 Å². The van der Waals surface area contributed by atoms with Gasteiger partial charge in [0.05, 0.1) is 30.5 Å². The van der Waals surface area contributed by atoms with Gasteiger partial charge < -0.3 is 9.47 Å². The van der Waals surface area contributed by atoms with Gasteiger partial charge in [0.1, 0.15) is 11.3 Å². The highest BCUT2D eigenvalue weighted by Crippen LogP contribution is 2.35. The number of halogens is 1. The summed E-state index contributed by atoms with van der Waals surface area (Å²) in [4.78, 5) is 9.18. The summed E-state index contributed by atoms with van der Waals surface area (Å²) in [6, 6.07) is 8.14. The first-order valence-corrected chi connectivity index (χ1v) is 8.80. The predicted octanol–water partition coefficient (Wildman–Crippen LogP) is 4.96. The summed E-state index contributed by atoms with van der Waals surface area (Å²) in [5, 5.41) is 0.582. The van der Waals surface area contributed by atoms with Crippen molar-refractivity contribution in [1.82, 2.24) is 14.5 Å². The monoisotopic (exact) mass is 359 g/mol. The second-order valence-corrected chi connectivity index (χ2v) is 6.24. The van der Waals surface area contributed by atoms with Crippen molar-refractivity contribution >= 4 is 22.6 Å². The number of nitrogens with zero attached hydrogens (tertiary/aromatic N) is 3. The minimum absolute atomic E-state index is 0.582. The summed E-state index contributed by atoms with van der Waals surface area (Å²) in [6.07, 6.45) is 5.21. The van der Waals surface area contributed by atoms with Crippen molar-refractivity contribution in [2.75, 3.05) is 14.2 Å². The molecule has 0 unspecified atom stereocenters. The molecule has 0 bridgehead atoms. The molecule has 0 saturated carbocycles. The first-order chi connectivity index (χ1) is 12.2. The minimum Gasteiger partial charge on any atom is -0.497 e. The number of benzene rings is 1. The molecular formula is C19H22ClN3O2. The Balaban J connectivity index is 2.11. The van der Waals surface area contributed by atoms with E-state index < -0.39 is 0 Å². The van der Waals surface area contributed by atoms with E-state index in [1.54, 1.807) is 26.5 Å². The normalized spacial score (nSPS) is 11.0. The van der Waals surface area contributed by atoms with Crippen molar-refractivity contribution in [3.63, 3.8) is 0 Å². The maximum Gasteiger partial charge on any atom is 0.297 e. The zero-order chi connectivity index (χ0) is 17.8. The number of aromatic nitrogens is 3. The van der Waals surface area contributed by atoms with Crippen molar-refractivity contribution in [1.29, 1.82) is 0 Å². The second kappa shape index (κ2) is 7.74. The summed E-state index contributed by atoms with van der Waals surface area (Å²) in [7, 11) is 3.26. The van der Waals surface area contributed by atoms with E-state index in [9.17, 15) is 0 Å². The molecule has 5 nitrogen and oxygen atoms in total. The molecule has 25 heavy (non-hydrogen) atoms. The van der Waals surface area contributed by atoms with Crippen LogP contribution in [0.3, 0.4) is 0 Å². The molecule has 0 N–H and O–H groups in total. The Labute approximate surface area is 152 Å². The van der Waals surface area contributed by atoms with E-state index in [-0.39, 0.29) is 0 Å². The van der Waals surface area contributed by atoms with Crippen LogP contribution >= 0.6 is 11.6 Å². The number of pyridine rings is 1. The average Bonchev–Trinajstić information content (AvgIpc) is 3.00. The van der Waals surface area contributed by atoms with Gasteiger partial charge in [-0.3, -0.25) is 9.55 Å². The van der Waals surface area contributed by atoms with Gasteiger partial charge in [-0.25, -0.2) is 0 Å². The lowest BCUT2D eigenvalue weighted by molar-refractivity contribution is 0.357. The third kappa shape index (κ3) is 3.42. The molecular weight excluding hydrogens is 338 g/mol. The van der Waals surface area contributed by atoms with Crippen LogP contribution in [0, 0.1) is 0 Å². The molecule has 0 atom stereocenters. The van der Waals surface area contributed by atoms with E-state index in [0.29, 0.717) is 16.8 Å². The van der Waals surface area contributed by atoms with E-state index in [0.717, 1.165) is 35.3 Å². The molecule has 2 heterocycles. The van der Waals surface area contributed by atoms with Gasteiger partial charge in [-0.2, -0.15) is 4.98 Å². The van der Waals surface area contributed by atoms with E-state index in [2.05, 4.69) is 21.5 Å². The third-order valence-corrected chi connectivity index (χ3v) is 4.54. The molecule has 0 fully saturated rings. The number of rotatable bonds is 7. The maximum absolute atomic E-state index is 6.44. The van der Waals surface area contributed by atoms with Crippen LogP contribution in [0.4, 0.5) is 0 Å². The molecule has 0 radical (unpaired) electrons. The van der Waals surface area contributed by atoms with Crippen molar-refractivity contribution in [3.05, 3.63) is 35.5 Å². The van der Waals surface area contributed by atoms with Gasteiger partial charge in [-0.05, 0) is 30.7 Å². The van der Waals surface area contributed by atoms with Crippen LogP contribution < -0.4 is 9.47 Å². The Hall–Kier alpha value is -2.27. The van der Waals surface area contributed by atoms with Crippen LogP contribution in [0.5, 0.6) is 11.8 Å². The first kappa shape index (κ1) is 17.5. The molecule has 0 spiro atoms. The maximum atomic E-state index is 6.44. The van der Waals surface area contributed by atoms with Crippen molar-refractivity contribution in [2.45, 2.75) is 32.7 Å². The van der Waals surface area contributed by atoms with E-state index in [1.165, 1.54) is 12.8 Å². The van der Waals surface area contributed by atoms with Crippen LogP contribution in [0.25, 0.3) is 22.3 Å². The molecule has 0 aliphatic heterocycles. The van der Waals surface area contributed by atoms with Gasteiger partial charge >= 0.3 is 0 Å². The molecule has 0 aliphatic rings. The van der Waals surface area contributed by atoms with E-state index in [1.807, 2.05) is 18.2 Å². The number of imidazole rings is 1. The Kier molecular flexibility index (Phi) is 5.43. The van der Waals surface area contributed by atoms with Crippen LogP contribution in [0.15, 0.2) is 30.5 Å². The number of methoxy groups -OCH3 is 2. The van der Waals surface area contributed by atoms with Crippen molar-refractivity contribution < 1.29 is 9.47 Å². The molecule has 0 amide bonds. The van der Waals surface area contributed by atoms with Crippen LogP contribution in [-0.4, -0.2) is 28.8 Å². The SMILES string of the molecule is CCCCCn1c(OC)nc2c(-c3ccc(OC)cc3Cl)nccc21. The summed E-state index contributed by atoms with van der Waals surface area (Å²) >= 11 is 6.44. The standard InChI is InChI=1S/C19H22ClN3O2/c1-4-5-6-11-23-16-9-10-21-17(18(16)22-19(23)25-3)14-8-7-13(24-2)12-15(14)20/h7-10,12H,4-6,11H2,1-3H3.